The fourth-order valence-corrected chi connectivity index (χ4v) is 1.67. The Morgan fingerprint density at radius 1 is 1.36 bits per heavy atom. The summed E-state index contributed by atoms with van der Waals surface area (Å²) < 4.78 is 0. The van der Waals surface area contributed by atoms with Gasteiger partial charge in [-0.3, -0.25) is 9.68 Å². The van der Waals surface area contributed by atoms with E-state index in [4.69, 9.17) is 9.68 Å². The second-order valence-corrected chi connectivity index (χ2v) is 3.51. The zero-order chi connectivity index (χ0) is 8.53. The third kappa shape index (κ3) is 6.24. The molecule has 0 aliphatic heterocycles. The lowest BCUT2D eigenvalue weighted by molar-refractivity contribution is -0.302. The fraction of sp³-hybridized carbons (Fsp3) is 0.714. The van der Waals surface area contributed by atoms with Gasteiger partial charge in [0.25, 0.3) is 0 Å². The summed E-state index contributed by atoms with van der Waals surface area (Å²) in [4.78, 5) is 12.1. The monoisotopic (exact) mass is 175 g/mol. The summed E-state index contributed by atoms with van der Waals surface area (Å²) in [7, 11) is -0.426. The van der Waals surface area contributed by atoms with Crippen LogP contribution in [0.2, 0.25) is 6.04 Å². The molecular weight excluding hydrogens is 158 g/mol. The normalized spacial score (nSPS) is 11.5. The van der Waals surface area contributed by atoms with Crippen molar-refractivity contribution in [1.29, 1.82) is 0 Å². The SMILES string of the molecule is C=CC[SiH2]N(OCC)OCC. The zero-order valence-corrected chi connectivity index (χ0v) is 8.79. The summed E-state index contributed by atoms with van der Waals surface area (Å²) in [6.07, 6.45) is 1.90. The molecule has 11 heavy (non-hydrogen) atoms. The molecule has 4 heteroatoms. The van der Waals surface area contributed by atoms with E-state index < -0.39 is 9.68 Å². The van der Waals surface area contributed by atoms with Crippen molar-refractivity contribution >= 4 is 9.68 Å². The smallest absolute Gasteiger partial charge is 0.170 e. The highest BCUT2D eigenvalue weighted by molar-refractivity contribution is 6.31. The lowest BCUT2D eigenvalue weighted by Crippen LogP contribution is -2.28. The Hall–Kier alpha value is -0.163. The van der Waals surface area contributed by atoms with Gasteiger partial charge in [0.15, 0.2) is 9.68 Å². The molecule has 0 saturated carbocycles. The Balaban J connectivity index is 3.41. The van der Waals surface area contributed by atoms with Crippen LogP contribution in [0.15, 0.2) is 12.7 Å². The van der Waals surface area contributed by atoms with Crippen molar-refractivity contribution in [3.63, 3.8) is 0 Å². The van der Waals surface area contributed by atoms with E-state index in [1.54, 1.807) is 4.89 Å². The molecule has 0 aromatic carbocycles. The fourth-order valence-electron chi connectivity index (χ4n) is 0.651. The molecular formula is C7H17NO2Si. The van der Waals surface area contributed by atoms with E-state index in [-0.39, 0.29) is 0 Å². The Kier molecular flexibility index (Phi) is 7.82. The van der Waals surface area contributed by atoms with Gasteiger partial charge in [0.1, 0.15) is 0 Å². The van der Waals surface area contributed by atoms with Crippen LogP contribution in [-0.2, 0) is 9.68 Å². The van der Waals surface area contributed by atoms with Crippen LogP contribution in [0.5, 0.6) is 0 Å². The molecule has 0 N–H and O–H groups in total. The highest BCUT2D eigenvalue weighted by atomic mass is 28.2. The van der Waals surface area contributed by atoms with Crippen LogP contribution in [0.4, 0.5) is 0 Å². The van der Waals surface area contributed by atoms with E-state index in [1.165, 1.54) is 0 Å². The Morgan fingerprint density at radius 2 is 1.91 bits per heavy atom. The average Bonchev–Trinajstić information content (AvgIpc) is 2.01. The van der Waals surface area contributed by atoms with Gasteiger partial charge in [-0.05, 0) is 19.9 Å². The van der Waals surface area contributed by atoms with Crippen LogP contribution in [-0.4, -0.2) is 27.8 Å². The van der Waals surface area contributed by atoms with Crippen molar-refractivity contribution in [2.45, 2.75) is 19.9 Å². The van der Waals surface area contributed by atoms with E-state index in [2.05, 4.69) is 6.58 Å². The number of allylic oxidation sites excluding steroid dienone is 1. The molecule has 0 aliphatic rings. The quantitative estimate of drug-likeness (QED) is 0.326. The van der Waals surface area contributed by atoms with Crippen LogP contribution < -0.4 is 0 Å². The predicted octanol–water partition coefficient (Wildman–Crippen LogP) is 0.879. The molecule has 0 amide bonds. The summed E-state index contributed by atoms with van der Waals surface area (Å²) in [5.41, 5.74) is 0. The average molecular weight is 175 g/mol. The summed E-state index contributed by atoms with van der Waals surface area (Å²) in [5, 5.41) is 0. The largest absolute Gasteiger partial charge is 0.283 e. The molecule has 66 valence electrons. The minimum atomic E-state index is -0.426. The molecule has 0 aromatic rings. The van der Waals surface area contributed by atoms with Gasteiger partial charge >= 0.3 is 0 Å². The molecule has 0 aromatic heterocycles. The minimum absolute atomic E-state index is 0.426. The number of rotatable bonds is 7. The van der Waals surface area contributed by atoms with E-state index in [1.807, 2.05) is 19.9 Å². The van der Waals surface area contributed by atoms with E-state index >= 15 is 0 Å². The van der Waals surface area contributed by atoms with Crippen LogP contribution in [0, 0.1) is 0 Å². The third-order valence-corrected chi connectivity index (χ3v) is 2.46. The third-order valence-electron chi connectivity index (χ3n) is 1.06. The second kappa shape index (κ2) is 7.94. The van der Waals surface area contributed by atoms with Crippen molar-refractivity contribution in [2.24, 2.45) is 0 Å². The van der Waals surface area contributed by atoms with Gasteiger partial charge in [-0.25, -0.2) is 0 Å². The van der Waals surface area contributed by atoms with Crippen molar-refractivity contribution in [1.82, 2.24) is 4.89 Å². The molecule has 0 heterocycles. The van der Waals surface area contributed by atoms with Crippen LogP contribution in [0.1, 0.15) is 13.8 Å². The highest BCUT2D eigenvalue weighted by Gasteiger charge is 2.01. The van der Waals surface area contributed by atoms with Crippen LogP contribution >= 0.6 is 0 Å². The molecule has 0 saturated heterocycles. The standard InChI is InChI=1S/C7H17NO2Si/c1-4-7-11-8(9-5-2)10-6-3/h4H,1,5-7,11H2,2-3H3. The van der Waals surface area contributed by atoms with Crippen molar-refractivity contribution in [3.05, 3.63) is 12.7 Å². The zero-order valence-electron chi connectivity index (χ0n) is 7.38. The highest BCUT2D eigenvalue weighted by Crippen LogP contribution is 1.93. The lowest BCUT2D eigenvalue weighted by Gasteiger charge is -2.18. The molecule has 0 unspecified atom stereocenters. The summed E-state index contributed by atoms with van der Waals surface area (Å²) in [6.45, 7) is 8.90. The van der Waals surface area contributed by atoms with Gasteiger partial charge in [-0.2, -0.15) is 0 Å². The molecule has 0 spiro atoms. The van der Waals surface area contributed by atoms with Gasteiger partial charge < -0.3 is 0 Å². The number of nitrogens with zero attached hydrogens (tertiary/aromatic N) is 1. The maximum Gasteiger partial charge on any atom is 0.170 e. The van der Waals surface area contributed by atoms with E-state index in [9.17, 15) is 0 Å². The lowest BCUT2D eigenvalue weighted by atomic mass is 10.8. The number of hydrogen-bond acceptors (Lipinski definition) is 3. The summed E-state index contributed by atoms with van der Waals surface area (Å²) in [6, 6.07) is 1.01. The molecule has 3 nitrogen and oxygen atoms in total. The molecule has 0 rings (SSSR count). The van der Waals surface area contributed by atoms with E-state index in [0.717, 1.165) is 6.04 Å². The van der Waals surface area contributed by atoms with Crippen LogP contribution in [0.3, 0.4) is 0 Å². The Labute approximate surface area is 70.8 Å². The van der Waals surface area contributed by atoms with Crippen molar-refractivity contribution in [2.75, 3.05) is 13.2 Å². The number of hydrogen-bond donors (Lipinski definition) is 0. The first kappa shape index (κ1) is 10.8. The van der Waals surface area contributed by atoms with Gasteiger partial charge in [0.2, 0.25) is 0 Å². The van der Waals surface area contributed by atoms with Crippen molar-refractivity contribution in [3.8, 4) is 0 Å². The summed E-state index contributed by atoms with van der Waals surface area (Å²) in [5.74, 6) is 0. The molecule has 0 fully saturated rings. The van der Waals surface area contributed by atoms with Gasteiger partial charge in [-0.1, -0.05) is 6.08 Å². The van der Waals surface area contributed by atoms with Gasteiger partial charge in [0, 0.05) is 0 Å². The molecule has 0 bridgehead atoms. The topological polar surface area (TPSA) is 21.7 Å². The summed E-state index contributed by atoms with van der Waals surface area (Å²) >= 11 is 0. The molecule has 0 aliphatic carbocycles. The predicted molar refractivity (Wildman–Crippen MR) is 48.6 cm³/mol. The van der Waals surface area contributed by atoms with Crippen molar-refractivity contribution < 1.29 is 9.68 Å². The second-order valence-electron chi connectivity index (χ2n) is 1.97. The van der Waals surface area contributed by atoms with Gasteiger partial charge in [-0.15, -0.1) is 11.5 Å². The minimum Gasteiger partial charge on any atom is -0.283 e. The van der Waals surface area contributed by atoms with Crippen LogP contribution in [0.25, 0.3) is 0 Å². The molecule has 0 radical (unpaired) electrons. The first-order valence-electron chi connectivity index (χ1n) is 3.99. The first-order chi connectivity index (χ1) is 5.35. The molecule has 0 atom stereocenters. The maximum atomic E-state index is 5.21. The van der Waals surface area contributed by atoms with Gasteiger partial charge in [0.05, 0.1) is 13.2 Å². The first-order valence-corrected chi connectivity index (χ1v) is 5.62. The maximum absolute atomic E-state index is 5.21. The Morgan fingerprint density at radius 3 is 2.27 bits per heavy atom. The Bertz CT molecular complexity index is 94.4. The van der Waals surface area contributed by atoms with E-state index in [0.29, 0.717) is 13.2 Å².